The van der Waals surface area contributed by atoms with Crippen LogP contribution >= 0.6 is 0 Å². The molecule has 0 amide bonds. The summed E-state index contributed by atoms with van der Waals surface area (Å²) in [6, 6.07) is 15.3. The quantitative estimate of drug-likeness (QED) is 0.739. The Morgan fingerprint density at radius 3 is 2.87 bits per heavy atom. The number of nitrogens with zero attached hydrogens (tertiary/aromatic N) is 2. The first-order chi connectivity index (χ1) is 7.40. The van der Waals surface area contributed by atoms with Crippen molar-refractivity contribution < 1.29 is 4.74 Å². The molecule has 2 aromatic rings. The van der Waals surface area contributed by atoms with E-state index in [2.05, 4.69) is 17.1 Å². The maximum Gasteiger partial charge on any atom is 0.219 e. The largest absolute Gasteiger partial charge is 0.438 e. The van der Waals surface area contributed by atoms with Crippen LogP contribution in [-0.2, 0) is 0 Å². The first-order valence-electron chi connectivity index (χ1n) is 4.39. The number of hydrogen-bond acceptors (Lipinski definition) is 3. The van der Waals surface area contributed by atoms with Gasteiger partial charge in [0.2, 0.25) is 5.88 Å². The van der Waals surface area contributed by atoms with Crippen LogP contribution < -0.4 is 4.74 Å². The van der Waals surface area contributed by atoms with Crippen molar-refractivity contribution in [1.29, 1.82) is 5.26 Å². The number of rotatable bonds is 2. The predicted molar refractivity (Wildman–Crippen MR) is 54.3 cm³/mol. The fraction of sp³-hybridized carbons (Fsp3) is 0. The topological polar surface area (TPSA) is 45.9 Å². The molecule has 1 radical (unpaired) electrons. The summed E-state index contributed by atoms with van der Waals surface area (Å²) in [5, 5.41) is 8.84. The van der Waals surface area contributed by atoms with E-state index in [1.54, 1.807) is 30.3 Å². The smallest absolute Gasteiger partial charge is 0.219 e. The summed E-state index contributed by atoms with van der Waals surface area (Å²) in [7, 11) is 0. The maximum atomic E-state index is 8.84. The molecule has 0 atom stereocenters. The van der Waals surface area contributed by atoms with Crippen LogP contribution in [0.1, 0.15) is 5.56 Å². The molecule has 0 spiro atoms. The molecule has 1 heterocycles. The molecule has 71 valence electrons. The molecule has 2 rings (SSSR count). The van der Waals surface area contributed by atoms with E-state index in [-0.39, 0.29) is 0 Å². The third kappa shape index (κ3) is 2.12. The monoisotopic (exact) mass is 195 g/mol. The van der Waals surface area contributed by atoms with Crippen LogP contribution in [0.5, 0.6) is 11.6 Å². The number of para-hydroxylation sites is 1. The Bertz CT molecular complexity index is 488. The standard InChI is InChI=1S/C12H7N2O/c13-9-10-5-1-2-6-11(10)15-12-7-3-4-8-14-12/h1-3,5-8H. The SMILES string of the molecule is N#Cc1ccccc1Oc1cc[c]cn1. The number of aromatic nitrogens is 1. The lowest BCUT2D eigenvalue weighted by atomic mass is 10.2. The van der Waals surface area contributed by atoms with E-state index >= 15 is 0 Å². The Morgan fingerprint density at radius 1 is 1.27 bits per heavy atom. The lowest BCUT2D eigenvalue weighted by molar-refractivity contribution is 0.461. The Hall–Kier alpha value is -2.34. The van der Waals surface area contributed by atoms with Crippen LogP contribution in [0.25, 0.3) is 0 Å². The van der Waals surface area contributed by atoms with Crippen LogP contribution in [0.15, 0.2) is 42.6 Å². The van der Waals surface area contributed by atoms with Gasteiger partial charge in [-0.05, 0) is 18.2 Å². The van der Waals surface area contributed by atoms with E-state index in [0.29, 0.717) is 17.2 Å². The molecule has 0 aliphatic heterocycles. The summed E-state index contributed by atoms with van der Waals surface area (Å²) < 4.78 is 5.45. The molecule has 0 unspecified atom stereocenters. The van der Waals surface area contributed by atoms with E-state index in [1.165, 1.54) is 6.20 Å². The highest BCUT2D eigenvalue weighted by Gasteiger charge is 2.02. The number of benzene rings is 1. The van der Waals surface area contributed by atoms with Gasteiger partial charge in [-0.3, -0.25) is 0 Å². The zero-order valence-electron chi connectivity index (χ0n) is 7.84. The molecule has 1 aromatic heterocycles. The van der Waals surface area contributed by atoms with Gasteiger partial charge in [-0.15, -0.1) is 0 Å². The van der Waals surface area contributed by atoms with Gasteiger partial charge in [-0.2, -0.15) is 5.26 Å². The van der Waals surface area contributed by atoms with Crippen molar-refractivity contribution in [1.82, 2.24) is 4.98 Å². The highest BCUT2D eigenvalue weighted by Crippen LogP contribution is 2.22. The van der Waals surface area contributed by atoms with Crippen molar-refractivity contribution in [3.8, 4) is 17.7 Å². The van der Waals surface area contributed by atoms with Crippen LogP contribution in [0.4, 0.5) is 0 Å². The summed E-state index contributed by atoms with van der Waals surface area (Å²) in [6.07, 6.45) is 1.52. The Morgan fingerprint density at radius 2 is 2.13 bits per heavy atom. The van der Waals surface area contributed by atoms with E-state index < -0.39 is 0 Å². The fourth-order valence-corrected chi connectivity index (χ4v) is 1.13. The molecule has 0 fully saturated rings. The second-order valence-corrected chi connectivity index (χ2v) is 2.81. The molecule has 1 aromatic carbocycles. The van der Waals surface area contributed by atoms with E-state index in [9.17, 15) is 0 Å². The second kappa shape index (κ2) is 4.25. The van der Waals surface area contributed by atoms with Gasteiger partial charge in [-0.25, -0.2) is 4.98 Å². The summed E-state index contributed by atoms with van der Waals surface area (Å²) >= 11 is 0. The first-order valence-corrected chi connectivity index (χ1v) is 4.39. The summed E-state index contributed by atoms with van der Waals surface area (Å²) in [5.41, 5.74) is 0.493. The van der Waals surface area contributed by atoms with E-state index in [4.69, 9.17) is 10.00 Å². The van der Waals surface area contributed by atoms with Crippen LogP contribution in [-0.4, -0.2) is 4.98 Å². The van der Waals surface area contributed by atoms with Gasteiger partial charge in [0.25, 0.3) is 0 Å². The minimum Gasteiger partial charge on any atom is -0.438 e. The molecule has 0 saturated carbocycles. The van der Waals surface area contributed by atoms with Crippen LogP contribution in [0, 0.1) is 17.4 Å². The Balaban J connectivity index is 2.29. The zero-order chi connectivity index (χ0) is 10.5. The molecule has 0 aliphatic carbocycles. The molecule has 0 bridgehead atoms. The third-order valence-corrected chi connectivity index (χ3v) is 1.81. The molecule has 3 nitrogen and oxygen atoms in total. The van der Waals surface area contributed by atoms with Gasteiger partial charge in [0, 0.05) is 18.3 Å². The first kappa shape index (κ1) is 9.22. The molecule has 0 N–H and O–H groups in total. The normalized spacial score (nSPS) is 9.27. The van der Waals surface area contributed by atoms with Gasteiger partial charge in [0.1, 0.15) is 11.8 Å². The van der Waals surface area contributed by atoms with Crippen molar-refractivity contribution in [3.05, 3.63) is 54.2 Å². The molecule has 0 saturated heterocycles. The van der Waals surface area contributed by atoms with Crippen LogP contribution in [0.2, 0.25) is 0 Å². The summed E-state index contributed by atoms with van der Waals surface area (Å²) in [6.45, 7) is 0. The van der Waals surface area contributed by atoms with Crippen molar-refractivity contribution in [3.63, 3.8) is 0 Å². The second-order valence-electron chi connectivity index (χ2n) is 2.81. The summed E-state index contributed by atoms with van der Waals surface area (Å²) in [4.78, 5) is 3.96. The average molecular weight is 195 g/mol. The van der Waals surface area contributed by atoms with Gasteiger partial charge in [0.15, 0.2) is 0 Å². The van der Waals surface area contributed by atoms with Crippen molar-refractivity contribution in [2.24, 2.45) is 0 Å². The zero-order valence-corrected chi connectivity index (χ0v) is 7.84. The van der Waals surface area contributed by atoms with Crippen molar-refractivity contribution >= 4 is 0 Å². The van der Waals surface area contributed by atoms with Gasteiger partial charge >= 0.3 is 0 Å². The molecule has 0 aliphatic rings. The van der Waals surface area contributed by atoms with Crippen molar-refractivity contribution in [2.45, 2.75) is 0 Å². The lowest BCUT2D eigenvalue weighted by Gasteiger charge is -2.04. The molecular formula is C12H7N2O. The highest BCUT2D eigenvalue weighted by molar-refractivity contribution is 5.44. The van der Waals surface area contributed by atoms with E-state index in [1.807, 2.05) is 6.07 Å². The van der Waals surface area contributed by atoms with Gasteiger partial charge in [-0.1, -0.05) is 12.1 Å². The molecule has 15 heavy (non-hydrogen) atoms. The number of ether oxygens (including phenoxy) is 1. The fourth-order valence-electron chi connectivity index (χ4n) is 1.13. The number of nitriles is 1. The minimum atomic E-state index is 0.455. The average Bonchev–Trinajstić information content (AvgIpc) is 2.31. The minimum absolute atomic E-state index is 0.455. The predicted octanol–water partition coefficient (Wildman–Crippen LogP) is 2.55. The number of pyridine rings is 1. The van der Waals surface area contributed by atoms with Crippen molar-refractivity contribution in [2.75, 3.05) is 0 Å². The van der Waals surface area contributed by atoms with E-state index in [0.717, 1.165) is 0 Å². The third-order valence-electron chi connectivity index (χ3n) is 1.81. The molecular weight excluding hydrogens is 188 g/mol. The Kier molecular flexibility index (Phi) is 2.61. The van der Waals surface area contributed by atoms with Gasteiger partial charge < -0.3 is 4.74 Å². The Labute approximate surface area is 87.6 Å². The molecule has 3 heteroatoms. The highest BCUT2D eigenvalue weighted by atomic mass is 16.5. The maximum absolute atomic E-state index is 8.84. The lowest BCUT2D eigenvalue weighted by Crippen LogP contribution is -1.89. The van der Waals surface area contributed by atoms with Crippen LogP contribution in [0.3, 0.4) is 0 Å². The number of hydrogen-bond donors (Lipinski definition) is 0. The van der Waals surface area contributed by atoms with Gasteiger partial charge in [0.05, 0.1) is 5.56 Å². The summed E-state index contributed by atoms with van der Waals surface area (Å²) in [5.74, 6) is 0.968.